The number of rotatable bonds is 7. The van der Waals surface area contributed by atoms with Gasteiger partial charge in [0.05, 0.1) is 0 Å². The van der Waals surface area contributed by atoms with Crippen LogP contribution in [0.4, 0.5) is 0 Å². The summed E-state index contributed by atoms with van der Waals surface area (Å²) in [7, 11) is 0. The Balaban J connectivity index is 1.64. The van der Waals surface area contributed by atoms with Gasteiger partial charge < -0.3 is 15.5 Å². The Morgan fingerprint density at radius 2 is 1.78 bits per heavy atom. The number of nitrogens with one attached hydrogen (secondary N) is 2. The third-order valence-corrected chi connectivity index (χ3v) is 5.07. The molecule has 1 aliphatic heterocycles. The third-order valence-electron chi connectivity index (χ3n) is 4.54. The van der Waals surface area contributed by atoms with E-state index in [2.05, 4.69) is 26.6 Å². The van der Waals surface area contributed by atoms with Crippen molar-refractivity contribution in [3.05, 3.63) is 34.3 Å². The van der Waals surface area contributed by atoms with Crippen molar-refractivity contribution in [3.63, 3.8) is 0 Å². The zero-order valence-electron chi connectivity index (χ0n) is 16.0. The average Bonchev–Trinajstić information content (AvgIpc) is 2.62. The maximum Gasteiger partial charge on any atom is 0.251 e. The largest absolute Gasteiger partial charge is 0.353 e. The van der Waals surface area contributed by atoms with Crippen molar-refractivity contribution >= 4 is 33.7 Å². The molecule has 2 N–H and O–H groups in total. The highest BCUT2D eigenvalue weighted by molar-refractivity contribution is 9.10. The molecular formula is C20H28BrN3O3. The first-order valence-electron chi connectivity index (χ1n) is 9.46. The van der Waals surface area contributed by atoms with Gasteiger partial charge in [-0.3, -0.25) is 14.4 Å². The lowest BCUT2D eigenvalue weighted by Gasteiger charge is -2.32. The van der Waals surface area contributed by atoms with Crippen LogP contribution in [-0.2, 0) is 9.59 Å². The minimum Gasteiger partial charge on any atom is -0.353 e. The van der Waals surface area contributed by atoms with Gasteiger partial charge in [0.2, 0.25) is 11.8 Å². The van der Waals surface area contributed by atoms with E-state index in [-0.39, 0.29) is 30.2 Å². The van der Waals surface area contributed by atoms with Gasteiger partial charge >= 0.3 is 0 Å². The lowest BCUT2D eigenvalue weighted by atomic mass is 10.0. The van der Waals surface area contributed by atoms with E-state index in [1.54, 1.807) is 24.3 Å². The summed E-state index contributed by atoms with van der Waals surface area (Å²) in [6.07, 6.45) is 2.38. The molecule has 0 radical (unpaired) electrons. The predicted octanol–water partition coefficient (Wildman–Crippen LogP) is 2.72. The smallest absolute Gasteiger partial charge is 0.251 e. The molecule has 1 aliphatic rings. The molecule has 0 bridgehead atoms. The van der Waals surface area contributed by atoms with E-state index in [4.69, 9.17) is 0 Å². The summed E-state index contributed by atoms with van der Waals surface area (Å²) in [6.45, 7) is 5.76. The van der Waals surface area contributed by atoms with Crippen molar-refractivity contribution in [1.82, 2.24) is 15.5 Å². The van der Waals surface area contributed by atoms with Gasteiger partial charge in [-0.15, -0.1) is 0 Å². The van der Waals surface area contributed by atoms with Gasteiger partial charge in [-0.05, 0) is 43.0 Å². The Morgan fingerprint density at radius 3 is 2.37 bits per heavy atom. The van der Waals surface area contributed by atoms with E-state index < -0.39 is 0 Å². The highest BCUT2D eigenvalue weighted by Crippen LogP contribution is 2.14. The van der Waals surface area contributed by atoms with Crippen LogP contribution in [0.25, 0.3) is 0 Å². The van der Waals surface area contributed by atoms with Crippen molar-refractivity contribution in [2.24, 2.45) is 5.92 Å². The van der Waals surface area contributed by atoms with Crippen molar-refractivity contribution in [2.45, 2.75) is 45.6 Å². The highest BCUT2D eigenvalue weighted by Gasteiger charge is 2.24. The molecule has 0 saturated carbocycles. The Hall–Kier alpha value is -1.89. The number of hydrogen-bond acceptors (Lipinski definition) is 3. The molecule has 1 aromatic rings. The first kappa shape index (κ1) is 21.4. The molecule has 0 unspecified atom stereocenters. The summed E-state index contributed by atoms with van der Waals surface area (Å²) < 4.78 is 0.912. The van der Waals surface area contributed by atoms with Gasteiger partial charge in [0.15, 0.2) is 0 Å². The van der Waals surface area contributed by atoms with E-state index in [1.165, 1.54) is 0 Å². The minimum atomic E-state index is -0.188. The molecule has 1 heterocycles. The van der Waals surface area contributed by atoms with Crippen LogP contribution < -0.4 is 10.6 Å². The number of carbonyl (C=O) groups excluding carboxylic acids is 3. The van der Waals surface area contributed by atoms with E-state index in [1.807, 2.05) is 18.7 Å². The summed E-state index contributed by atoms with van der Waals surface area (Å²) in [6, 6.07) is 7.17. The van der Waals surface area contributed by atoms with Crippen LogP contribution in [0.1, 0.15) is 49.9 Å². The fourth-order valence-corrected chi connectivity index (χ4v) is 3.31. The monoisotopic (exact) mass is 437 g/mol. The van der Waals surface area contributed by atoms with Crippen molar-refractivity contribution in [3.8, 4) is 0 Å². The molecule has 3 amide bonds. The Labute approximate surface area is 169 Å². The number of amides is 3. The zero-order valence-corrected chi connectivity index (χ0v) is 17.5. The molecule has 1 aromatic carbocycles. The molecule has 2 rings (SSSR count). The van der Waals surface area contributed by atoms with Gasteiger partial charge in [-0.1, -0.05) is 29.8 Å². The second-order valence-corrected chi connectivity index (χ2v) is 8.25. The van der Waals surface area contributed by atoms with Crippen LogP contribution in [-0.4, -0.2) is 48.3 Å². The highest BCUT2D eigenvalue weighted by atomic mass is 79.9. The minimum absolute atomic E-state index is 0.0712. The van der Waals surface area contributed by atoms with Gasteiger partial charge in [-0.2, -0.15) is 0 Å². The molecule has 0 atom stereocenters. The molecule has 6 nitrogen and oxygen atoms in total. The molecule has 148 valence electrons. The Kier molecular flexibility index (Phi) is 8.28. The van der Waals surface area contributed by atoms with E-state index >= 15 is 0 Å². The fourth-order valence-electron chi connectivity index (χ4n) is 3.04. The first-order valence-corrected chi connectivity index (χ1v) is 10.3. The molecule has 0 aliphatic carbocycles. The molecule has 0 spiro atoms. The van der Waals surface area contributed by atoms with Crippen molar-refractivity contribution < 1.29 is 14.4 Å². The number of nitrogens with zero attached hydrogens (tertiary/aromatic N) is 1. The quantitative estimate of drug-likeness (QED) is 0.687. The Bertz CT molecular complexity index is 653. The van der Waals surface area contributed by atoms with Gasteiger partial charge in [0.1, 0.15) is 0 Å². The molecular weight excluding hydrogens is 410 g/mol. The van der Waals surface area contributed by atoms with Crippen LogP contribution >= 0.6 is 15.9 Å². The van der Waals surface area contributed by atoms with Gasteiger partial charge in [0, 0.05) is 48.6 Å². The van der Waals surface area contributed by atoms with E-state index in [9.17, 15) is 14.4 Å². The number of piperidine rings is 1. The first-order chi connectivity index (χ1) is 12.8. The summed E-state index contributed by atoms with van der Waals surface area (Å²) in [4.78, 5) is 38.1. The standard InChI is InChI=1S/C20H28BrN3O3/c1-14(2)13-19(26)24-11-8-17(9-12-24)23-18(25)7-10-22-20(27)15-3-5-16(21)6-4-15/h3-6,14,17H,7-13H2,1-2H3,(H,22,27)(H,23,25). The molecule has 27 heavy (non-hydrogen) atoms. The predicted molar refractivity (Wildman–Crippen MR) is 108 cm³/mol. The van der Waals surface area contributed by atoms with E-state index in [0.717, 1.165) is 17.3 Å². The Morgan fingerprint density at radius 1 is 1.15 bits per heavy atom. The number of hydrogen-bond donors (Lipinski definition) is 2. The SMILES string of the molecule is CC(C)CC(=O)N1CCC(NC(=O)CCNC(=O)c2ccc(Br)cc2)CC1. The zero-order chi connectivity index (χ0) is 19.8. The summed E-state index contributed by atoms with van der Waals surface area (Å²) in [5, 5.41) is 5.76. The lowest BCUT2D eigenvalue weighted by Crippen LogP contribution is -2.47. The van der Waals surface area contributed by atoms with Crippen molar-refractivity contribution in [2.75, 3.05) is 19.6 Å². The number of halogens is 1. The maximum absolute atomic E-state index is 12.1. The second-order valence-electron chi connectivity index (χ2n) is 7.33. The van der Waals surface area contributed by atoms with Gasteiger partial charge in [0.25, 0.3) is 5.91 Å². The molecule has 7 heteroatoms. The lowest BCUT2D eigenvalue weighted by molar-refractivity contribution is -0.133. The molecule has 1 fully saturated rings. The average molecular weight is 438 g/mol. The van der Waals surface area contributed by atoms with Gasteiger partial charge in [-0.25, -0.2) is 0 Å². The van der Waals surface area contributed by atoms with Crippen LogP contribution in [0.15, 0.2) is 28.7 Å². The molecule has 1 saturated heterocycles. The van der Waals surface area contributed by atoms with Crippen LogP contribution in [0.2, 0.25) is 0 Å². The van der Waals surface area contributed by atoms with Crippen LogP contribution in [0.5, 0.6) is 0 Å². The maximum atomic E-state index is 12.1. The second kappa shape index (κ2) is 10.4. The van der Waals surface area contributed by atoms with E-state index in [0.29, 0.717) is 37.5 Å². The fraction of sp³-hybridized carbons (Fsp3) is 0.550. The molecule has 0 aromatic heterocycles. The van der Waals surface area contributed by atoms with Crippen LogP contribution in [0.3, 0.4) is 0 Å². The van der Waals surface area contributed by atoms with Crippen molar-refractivity contribution in [1.29, 1.82) is 0 Å². The summed E-state index contributed by atoms with van der Waals surface area (Å²) in [5.41, 5.74) is 0.567. The van der Waals surface area contributed by atoms with Crippen LogP contribution in [0, 0.1) is 5.92 Å². The topological polar surface area (TPSA) is 78.5 Å². The summed E-state index contributed by atoms with van der Waals surface area (Å²) >= 11 is 3.33. The summed E-state index contributed by atoms with van der Waals surface area (Å²) in [5.74, 6) is 0.304. The number of carbonyl (C=O) groups is 3. The number of benzene rings is 1. The normalized spacial score (nSPS) is 14.9. The third kappa shape index (κ3) is 7.33. The number of likely N-dealkylation sites (tertiary alicyclic amines) is 1.